The van der Waals surface area contributed by atoms with Gasteiger partial charge < -0.3 is 5.32 Å². The highest BCUT2D eigenvalue weighted by Gasteiger charge is 2.28. The van der Waals surface area contributed by atoms with Crippen LogP contribution in [-0.2, 0) is 14.8 Å². The van der Waals surface area contributed by atoms with Gasteiger partial charge in [-0.2, -0.15) is 0 Å². The maximum Gasteiger partial charge on any atom is 0.264 e. The van der Waals surface area contributed by atoms with Crippen LogP contribution >= 0.6 is 11.6 Å². The van der Waals surface area contributed by atoms with Crippen LogP contribution in [0.15, 0.2) is 77.7 Å². The van der Waals surface area contributed by atoms with Crippen molar-refractivity contribution >= 4 is 38.9 Å². The number of nitrogens with zero attached hydrogens (tertiary/aromatic N) is 1. The van der Waals surface area contributed by atoms with Crippen LogP contribution in [0.3, 0.4) is 0 Å². The molecular formula is C21H18ClFN2O3S. The number of carbonyl (C=O) groups is 1. The summed E-state index contributed by atoms with van der Waals surface area (Å²) < 4.78 is 40.6. The van der Waals surface area contributed by atoms with Crippen LogP contribution in [0.25, 0.3) is 0 Å². The average Bonchev–Trinajstić information content (AvgIpc) is 2.69. The molecule has 1 N–H and O–H groups in total. The fourth-order valence-electron chi connectivity index (χ4n) is 2.78. The van der Waals surface area contributed by atoms with E-state index < -0.39 is 28.3 Å². The minimum Gasteiger partial charge on any atom is -0.325 e. The third kappa shape index (κ3) is 4.93. The third-order valence-electron chi connectivity index (χ3n) is 4.17. The fourth-order valence-corrected chi connectivity index (χ4v) is 4.52. The predicted molar refractivity (Wildman–Crippen MR) is 112 cm³/mol. The van der Waals surface area contributed by atoms with Gasteiger partial charge in [0, 0.05) is 10.7 Å². The summed E-state index contributed by atoms with van der Waals surface area (Å²) >= 11 is 6.00. The van der Waals surface area contributed by atoms with Gasteiger partial charge in [-0.1, -0.05) is 29.8 Å². The zero-order valence-corrected chi connectivity index (χ0v) is 17.0. The molecule has 0 fully saturated rings. The Morgan fingerprint density at radius 1 is 1.03 bits per heavy atom. The number of hydrogen-bond acceptors (Lipinski definition) is 3. The molecule has 0 radical (unpaired) electrons. The first kappa shape index (κ1) is 20.8. The maximum atomic E-state index is 13.3. The molecule has 5 nitrogen and oxygen atoms in total. The van der Waals surface area contributed by atoms with Crippen molar-refractivity contribution in [2.45, 2.75) is 11.8 Å². The summed E-state index contributed by atoms with van der Waals surface area (Å²) in [5.74, 6) is -1.00. The lowest BCUT2D eigenvalue weighted by molar-refractivity contribution is -0.114. The second-order valence-electron chi connectivity index (χ2n) is 6.31. The topological polar surface area (TPSA) is 66.5 Å². The number of anilines is 2. The number of rotatable bonds is 6. The summed E-state index contributed by atoms with van der Waals surface area (Å²) in [5, 5.41) is 3.04. The Morgan fingerprint density at radius 3 is 2.31 bits per heavy atom. The van der Waals surface area contributed by atoms with Gasteiger partial charge in [0.1, 0.15) is 12.4 Å². The van der Waals surface area contributed by atoms with Gasteiger partial charge in [0.2, 0.25) is 5.91 Å². The number of carbonyl (C=O) groups excluding carboxylic acids is 1. The number of amides is 1. The van der Waals surface area contributed by atoms with E-state index in [2.05, 4.69) is 5.32 Å². The quantitative estimate of drug-likeness (QED) is 0.618. The van der Waals surface area contributed by atoms with Crippen LogP contribution in [0, 0.1) is 12.7 Å². The Hall–Kier alpha value is -2.90. The first-order chi connectivity index (χ1) is 13.8. The fraction of sp³-hybridized carbons (Fsp3) is 0.0952. The van der Waals surface area contributed by atoms with Crippen LogP contribution in [0.4, 0.5) is 15.8 Å². The van der Waals surface area contributed by atoms with Crippen molar-refractivity contribution in [3.8, 4) is 0 Å². The molecule has 0 unspecified atom stereocenters. The van der Waals surface area contributed by atoms with E-state index in [1.165, 1.54) is 36.4 Å². The molecule has 3 aromatic rings. The highest BCUT2D eigenvalue weighted by Crippen LogP contribution is 2.29. The van der Waals surface area contributed by atoms with E-state index in [1.54, 1.807) is 43.3 Å². The Morgan fingerprint density at radius 2 is 1.69 bits per heavy atom. The smallest absolute Gasteiger partial charge is 0.264 e. The van der Waals surface area contributed by atoms with E-state index in [9.17, 15) is 17.6 Å². The van der Waals surface area contributed by atoms with Gasteiger partial charge in [0.15, 0.2) is 0 Å². The highest BCUT2D eigenvalue weighted by molar-refractivity contribution is 7.92. The molecule has 3 aromatic carbocycles. The molecule has 0 aliphatic carbocycles. The van der Waals surface area contributed by atoms with Crippen LogP contribution in [-0.4, -0.2) is 20.9 Å². The van der Waals surface area contributed by atoms with Crippen LogP contribution in [0.2, 0.25) is 5.02 Å². The Bertz CT molecular complexity index is 1120. The van der Waals surface area contributed by atoms with E-state index >= 15 is 0 Å². The van der Waals surface area contributed by atoms with E-state index in [4.69, 9.17) is 11.6 Å². The van der Waals surface area contributed by atoms with Crippen molar-refractivity contribution in [1.82, 2.24) is 0 Å². The van der Waals surface area contributed by atoms with Crippen LogP contribution < -0.4 is 9.62 Å². The van der Waals surface area contributed by atoms with Crippen molar-refractivity contribution in [3.05, 3.63) is 89.2 Å². The van der Waals surface area contributed by atoms with Gasteiger partial charge in [0.25, 0.3) is 10.0 Å². The van der Waals surface area contributed by atoms with Crippen molar-refractivity contribution in [2.75, 3.05) is 16.2 Å². The van der Waals surface area contributed by atoms with E-state index in [1.807, 2.05) is 0 Å². The van der Waals surface area contributed by atoms with Gasteiger partial charge >= 0.3 is 0 Å². The molecule has 150 valence electrons. The standard InChI is InChI=1S/C21H18ClFN2O3S/c1-15-13-16(22)7-12-20(15)25(29(27,28)19-5-3-2-4-6-19)14-21(26)24-18-10-8-17(23)9-11-18/h2-13H,14H2,1H3,(H,24,26). The zero-order chi connectivity index (χ0) is 21.0. The van der Waals surface area contributed by atoms with Crippen LogP contribution in [0.5, 0.6) is 0 Å². The summed E-state index contributed by atoms with van der Waals surface area (Å²) in [6.07, 6.45) is 0. The summed E-state index contributed by atoms with van der Waals surface area (Å²) in [4.78, 5) is 12.7. The third-order valence-corrected chi connectivity index (χ3v) is 6.18. The number of nitrogens with one attached hydrogen (secondary N) is 1. The van der Waals surface area contributed by atoms with Crippen molar-refractivity contribution in [1.29, 1.82) is 0 Å². The predicted octanol–water partition coefficient (Wildman–Crippen LogP) is 4.62. The first-order valence-corrected chi connectivity index (χ1v) is 10.5. The molecule has 29 heavy (non-hydrogen) atoms. The normalized spacial score (nSPS) is 11.1. The average molecular weight is 433 g/mol. The number of benzene rings is 3. The lowest BCUT2D eigenvalue weighted by Crippen LogP contribution is -2.38. The Kier molecular flexibility index (Phi) is 6.20. The van der Waals surface area contributed by atoms with E-state index in [0.717, 1.165) is 4.31 Å². The van der Waals surface area contributed by atoms with Gasteiger partial charge in [-0.25, -0.2) is 12.8 Å². The van der Waals surface area contributed by atoms with E-state index in [0.29, 0.717) is 22.0 Å². The molecule has 0 aliphatic heterocycles. The number of sulfonamides is 1. The SMILES string of the molecule is Cc1cc(Cl)ccc1N(CC(=O)Nc1ccc(F)cc1)S(=O)(=O)c1ccccc1. The molecule has 0 aliphatic rings. The minimum atomic E-state index is -4.01. The molecule has 0 bridgehead atoms. The van der Waals surface area contributed by atoms with Gasteiger partial charge in [-0.05, 0) is 67.1 Å². The Labute approximate surface area is 173 Å². The molecule has 0 aromatic heterocycles. The molecule has 0 atom stereocenters. The van der Waals surface area contributed by atoms with Gasteiger partial charge in [-0.15, -0.1) is 0 Å². The second-order valence-corrected chi connectivity index (χ2v) is 8.61. The molecule has 3 rings (SSSR count). The highest BCUT2D eigenvalue weighted by atomic mass is 35.5. The molecule has 0 saturated carbocycles. The number of hydrogen-bond donors (Lipinski definition) is 1. The molecular weight excluding hydrogens is 415 g/mol. The lowest BCUT2D eigenvalue weighted by Gasteiger charge is -2.25. The lowest BCUT2D eigenvalue weighted by atomic mass is 10.2. The molecule has 1 amide bonds. The molecule has 0 heterocycles. The Balaban J connectivity index is 1.96. The van der Waals surface area contributed by atoms with E-state index in [-0.39, 0.29) is 4.90 Å². The summed E-state index contributed by atoms with van der Waals surface area (Å²) in [5.41, 5.74) is 1.31. The summed E-state index contributed by atoms with van der Waals surface area (Å²) in [7, 11) is -4.01. The zero-order valence-electron chi connectivity index (χ0n) is 15.5. The van der Waals surface area contributed by atoms with Crippen LogP contribution in [0.1, 0.15) is 5.56 Å². The minimum absolute atomic E-state index is 0.0592. The van der Waals surface area contributed by atoms with Gasteiger partial charge in [-0.3, -0.25) is 9.10 Å². The second kappa shape index (κ2) is 8.63. The van der Waals surface area contributed by atoms with Crippen molar-refractivity contribution in [3.63, 3.8) is 0 Å². The largest absolute Gasteiger partial charge is 0.325 e. The monoisotopic (exact) mass is 432 g/mol. The molecule has 0 saturated heterocycles. The molecule has 0 spiro atoms. The number of aryl methyl sites for hydroxylation is 1. The summed E-state index contributed by atoms with van der Waals surface area (Å²) in [6.45, 7) is 1.25. The van der Waals surface area contributed by atoms with Gasteiger partial charge in [0.05, 0.1) is 10.6 Å². The van der Waals surface area contributed by atoms with Crippen molar-refractivity contribution < 1.29 is 17.6 Å². The number of halogens is 2. The van der Waals surface area contributed by atoms with Crippen molar-refractivity contribution in [2.24, 2.45) is 0 Å². The summed E-state index contributed by atoms with van der Waals surface area (Å²) in [6, 6.07) is 17.8. The maximum absolute atomic E-state index is 13.3. The molecule has 8 heteroatoms. The first-order valence-electron chi connectivity index (χ1n) is 8.67.